The molecule has 3 aliphatic rings. The van der Waals surface area contributed by atoms with Crippen molar-refractivity contribution in [2.75, 3.05) is 17.2 Å². The van der Waals surface area contributed by atoms with Gasteiger partial charge in [-0.25, -0.2) is 4.98 Å². The van der Waals surface area contributed by atoms with Crippen LogP contribution in [0.1, 0.15) is 31.7 Å². The number of rotatable bonds is 5. The zero-order chi connectivity index (χ0) is 20.8. The molecule has 2 aromatic heterocycles. The second kappa shape index (κ2) is 6.94. The van der Waals surface area contributed by atoms with Crippen molar-refractivity contribution in [3.05, 3.63) is 47.3 Å². The van der Waals surface area contributed by atoms with E-state index >= 15 is 0 Å². The highest BCUT2D eigenvalue weighted by Gasteiger charge is 2.24. The van der Waals surface area contributed by atoms with E-state index in [0.717, 1.165) is 35.5 Å². The second-order valence-electron chi connectivity index (χ2n) is 7.73. The van der Waals surface area contributed by atoms with Gasteiger partial charge in [0.2, 0.25) is 5.91 Å². The molecule has 9 nitrogen and oxygen atoms in total. The summed E-state index contributed by atoms with van der Waals surface area (Å²) in [5, 5.41) is 13.5. The van der Waals surface area contributed by atoms with Crippen LogP contribution in [0.4, 0.5) is 11.6 Å². The van der Waals surface area contributed by atoms with Crippen molar-refractivity contribution in [2.24, 2.45) is 4.99 Å². The van der Waals surface area contributed by atoms with Crippen LogP contribution in [0.15, 0.2) is 46.8 Å². The SMILES string of the molecule is C=C1NC(=O)C/C1=C\c1cnn2c(NC3CC3)cc(NC(=O)C3=CC(C)=NC3)nc12. The molecule has 3 N–H and O–H groups in total. The van der Waals surface area contributed by atoms with Gasteiger partial charge in [0.15, 0.2) is 5.65 Å². The number of nitrogens with zero attached hydrogens (tertiary/aromatic N) is 4. The predicted octanol–water partition coefficient (Wildman–Crippen LogP) is 2.06. The molecule has 0 spiro atoms. The van der Waals surface area contributed by atoms with E-state index in [-0.39, 0.29) is 18.2 Å². The fourth-order valence-corrected chi connectivity index (χ4v) is 3.47. The Morgan fingerprint density at radius 2 is 2.23 bits per heavy atom. The zero-order valence-electron chi connectivity index (χ0n) is 16.5. The monoisotopic (exact) mass is 403 g/mol. The Bertz CT molecular complexity index is 1200. The number of aromatic nitrogens is 3. The number of fused-ring (bicyclic) bond motifs is 1. The molecule has 30 heavy (non-hydrogen) atoms. The van der Waals surface area contributed by atoms with Crippen LogP contribution in [0.25, 0.3) is 11.7 Å². The average molecular weight is 403 g/mol. The van der Waals surface area contributed by atoms with Crippen LogP contribution in [0.3, 0.4) is 0 Å². The van der Waals surface area contributed by atoms with E-state index in [1.807, 2.05) is 13.0 Å². The van der Waals surface area contributed by atoms with E-state index in [1.165, 1.54) is 0 Å². The van der Waals surface area contributed by atoms with Gasteiger partial charge in [-0.3, -0.25) is 14.6 Å². The van der Waals surface area contributed by atoms with E-state index in [1.54, 1.807) is 22.9 Å². The Hall–Kier alpha value is -3.75. The molecule has 5 rings (SSSR count). The number of allylic oxidation sites excluding steroid dienone is 2. The van der Waals surface area contributed by atoms with Crippen molar-refractivity contribution in [3.8, 4) is 0 Å². The minimum Gasteiger partial charge on any atom is -0.367 e. The zero-order valence-corrected chi connectivity index (χ0v) is 16.5. The topological polar surface area (TPSA) is 113 Å². The summed E-state index contributed by atoms with van der Waals surface area (Å²) in [6, 6.07) is 2.19. The Balaban J connectivity index is 1.52. The Morgan fingerprint density at radius 1 is 1.40 bits per heavy atom. The Morgan fingerprint density at radius 3 is 2.90 bits per heavy atom. The lowest BCUT2D eigenvalue weighted by Crippen LogP contribution is -2.17. The van der Waals surface area contributed by atoms with Crippen molar-refractivity contribution in [1.29, 1.82) is 0 Å². The van der Waals surface area contributed by atoms with E-state index in [4.69, 9.17) is 0 Å². The third-order valence-electron chi connectivity index (χ3n) is 5.20. The van der Waals surface area contributed by atoms with E-state index in [9.17, 15) is 9.59 Å². The molecular weight excluding hydrogens is 382 g/mol. The van der Waals surface area contributed by atoms with Gasteiger partial charge < -0.3 is 16.0 Å². The quantitative estimate of drug-likeness (QED) is 0.707. The highest BCUT2D eigenvalue weighted by molar-refractivity contribution is 6.11. The third-order valence-corrected chi connectivity index (χ3v) is 5.20. The van der Waals surface area contributed by atoms with Crippen LogP contribution < -0.4 is 16.0 Å². The lowest BCUT2D eigenvalue weighted by Gasteiger charge is -2.11. The first-order valence-electron chi connectivity index (χ1n) is 9.84. The first-order valence-corrected chi connectivity index (χ1v) is 9.84. The number of amides is 2. The van der Waals surface area contributed by atoms with Crippen LogP contribution in [0, 0.1) is 0 Å². The standard InChI is InChI=1S/C21H21N7O2/c1-11-5-15(9-22-11)21(30)27-17-8-18(25-16-3-4-16)28-20(26-17)14(10-23-28)6-13-7-19(29)24-12(13)2/h5-6,8,10,16,25H,2-4,7,9H2,1H3,(H,24,29)(H,26,27,30)/b13-6+. The summed E-state index contributed by atoms with van der Waals surface area (Å²) < 4.78 is 1.72. The average Bonchev–Trinajstić information content (AvgIpc) is 3.10. The van der Waals surface area contributed by atoms with Crippen molar-refractivity contribution in [3.63, 3.8) is 0 Å². The van der Waals surface area contributed by atoms with E-state index < -0.39 is 0 Å². The van der Waals surface area contributed by atoms with Crippen LogP contribution in [-0.2, 0) is 9.59 Å². The number of anilines is 2. The largest absolute Gasteiger partial charge is 0.367 e. The molecule has 0 radical (unpaired) electrons. The molecule has 2 amide bonds. The van der Waals surface area contributed by atoms with E-state index in [0.29, 0.717) is 35.3 Å². The molecule has 2 aromatic rings. The van der Waals surface area contributed by atoms with Gasteiger partial charge in [-0.1, -0.05) is 6.58 Å². The van der Waals surface area contributed by atoms with Gasteiger partial charge in [0, 0.05) is 34.7 Å². The fourth-order valence-electron chi connectivity index (χ4n) is 3.47. The first-order chi connectivity index (χ1) is 14.5. The molecule has 1 aliphatic carbocycles. The van der Waals surface area contributed by atoms with Crippen molar-refractivity contribution < 1.29 is 9.59 Å². The normalized spacial score (nSPS) is 19.8. The molecule has 0 unspecified atom stereocenters. The van der Waals surface area contributed by atoms with Crippen LogP contribution >= 0.6 is 0 Å². The van der Waals surface area contributed by atoms with E-state index in [2.05, 4.69) is 37.6 Å². The summed E-state index contributed by atoms with van der Waals surface area (Å²) in [5.41, 5.74) is 4.16. The fraction of sp³-hybridized carbons (Fsp3) is 0.286. The number of hydrogen-bond donors (Lipinski definition) is 3. The summed E-state index contributed by atoms with van der Waals surface area (Å²) in [4.78, 5) is 33.1. The van der Waals surface area contributed by atoms with Crippen molar-refractivity contribution in [1.82, 2.24) is 19.9 Å². The van der Waals surface area contributed by atoms with Crippen LogP contribution in [0.2, 0.25) is 0 Å². The van der Waals surface area contributed by atoms with Gasteiger partial charge >= 0.3 is 0 Å². The number of carbonyl (C=O) groups excluding carboxylic acids is 2. The third kappa shape index (κ3) is 3.49. The van der Waals surface area contributed by atoms with Crippen LogP contribution in [0.5, 0.6) is 0 Å². The molecule has 0 bridgehead atoms. The summed E-state index contributed by atoms with van der Waals surface area (Å²) in [7, 11) is 0. The predicted molar refractivity (Wildman–Crippen MR) is 114 cm³/mol. The van der Waals surface area contributed by atoms with Gasteiger partial charge in [-0.05, 0) is 37.5 Å². The van der Waals surface area contributed by atoms with Crippen LogP contribution in [-0.4, -0.2) is 44.7 Å². The maximum absolute atomic E-state index is 12.6. The highest BCUT2D eigenvalue weighted by atomic mass is 16.2. The van der Waals surface area contributed by atoms with Gasteiger partial charge in [0.1, 0.15) is 11.6 Å². The molecule has 2 aliphatic heterocycles. The Labute approximate surface area is 172 Å². The summed E-state index contributed by atoms with van der Waals surface area (Å²) in [5.74, 6) is 0.890. The molecule has 9 heteroatoms. The van der Waals surface area contributed by atoms with Gasteiger partial charge in [-0.2, -0.15) is 9.61 Å². The van der Waals surface area contributed by atoms with Gasteiger partial charge in [0.25, 0.3) is 5.91 Å². The molecular formula is C21H21N7O2. The molecule has 4 heterocycles. The van der Waals surface area contributed by atoms with Crippen molar-refractivity contribution >= 4 is 40.9 Å². The number of hydrogen-bond acceptors (Lipinski definition) is 6. The lowest BCUT2D eigenvalue weighted by atomic mass is 10.1. The summed E-state index contributed by atoms with van der Waals surface area (Å²) >= 11 is 0. The maximum Gasteiger partial charge on any atom is 0.254 e. The van der Waals surface area contributed by atoms with Gasteiger partial charge in [-0.15, -0.1) is 0 Å². The smallest absolute Gasteiger partial charge is 0.254 e. The molecule has 0 aromatic carbocycles. The number of aliphatic imine (C=N–C) groups is 1. The summed E-state index contributed by atoms with van der Waals surface area (Å²) in [6.07, 6.45) is 7.81. The lowest BCUT2D eigenvalue weighted by molar-refractivity contribution is -0.118. The molecule has 1 saturated carbocycles. The first kappa shape index (κ1) is 18.3. The molecule has 152 valence electrons. The number of nitrogens with one attached hydrogen (secondary N) is 3. The molecule has 2 fully saturated rings. The van der Waals surface area contributed by atoms with Crippen molar-refractivity contribution in [2.45, 2.75) is 32.2 Å². The molecule has 0 atom stereocenters. The molecule has 1 saturated heterocycles. The second-order valence-corrected chi connectivity index (χ2v) is 7.73. The Kier molecular flexibility index (Phi) is 4.23. The maximum atomic E-state index is 12.6. The minimum atomic E-state index is -0.219. The number of carbonyl (C=O) groups is 2. The van der Waals surface area contributed by atoms with Gasteiger partial charge in [0.05, 0.1) is 19.2 Å². The summed E-state index contributed by atoms with van der Waals surface area (Å²) in [6.45, 7) is 6.13. The highest BCUT2D eigenvalue weighted by Crippen LogP contribution is 2.29. The minimum absolute atomic E-state index is 0.0814.